The van der Waals surface area contributed by atoms with Crippen LogP contribution in [0.5, 0.6) is 0 Å². The highest BCUT2D eigenvalue weighted by atomic mass is 16.8. The number of hydroxylamine groups is 2. The van der Waals surface area contributed by atoms with Gasteiger partial charge in [0, 0.05) is 25.7 Å². The monoisotopic (exact) mass is 625 g/mol. The average Bonchev–Trinajstić information content (AvgIpc) is 3.23. The summed E-state index contributed by atoms with van der Waals surface area (Å²) in [6.07, 6.45) is 7.52. The van der Waals surface area contributed by atoms with E-state index in [1.165, 1.54) is 17.9 Å². The number of benzene rings is 1. The Labute approximate surface area is 263 Å². The molecule has 0 bridgehead atoms. The molecule has 1 aromatic heterocycles. The summed E-state index contributed by atoms with van der Waals surface area (Å²) in [6, 6.07) is 13.2. The molecular formula is C32H43N5O8. The first kappa shape index (κ1) is 33.7. The number of amides is 2. The molecule has 1 aromatic carbocycles. The maximum absolute atomic E-state index is 12.6. The molecule has 0 radical (unpaired) electrons. The molecule has 2 aliphatic rings. The number of carboxylic acids is 1. The van der Waals surface area contributed by atoms with Crippen LogP contribution in [-0.4, -0.2) is 83.5 Å². The van der Waals surface area contributed by atoms with Gasteiger partial charge >= 0.3 is 12.1 Å². The van der Waals surface area contributed by atoms with Crippen LogP contribution >= 0.6 is 0 Å². The van der Waals surface area contributed by atoms with Crippen LogP contribution in [0.2, 0.25) is 0 Å². The SMILES string of the molecule is O=C(COC1CC(CNc2ccccn2)N(OC(=O)OCc2ccccc2)C1)NCC(NC(=O)CC1CCCCCC1)C(=O)O. The van der Waals surface area contributed by atoms with E-state index in [4.69, 9.17) is 14.3 Å². The van der Waals surface area contributed by atoms with Crippen LogP contribution < -0.4 is 16.0 Å². The summed E-state index contributed by atoms with van der Waals surface area (Å²) in [7, 11) is 0. The number of nitrogens with zero attached hydrogens (tertiary/aromatic N) is 2. The maximum atomic E-state index is 12.6. The third-order valence-corrected chi connectivity index (χ3v) is 7.94. The molecule has 3 atom stereocenters. The summed E-state index contributed by atoms with van der Waals surface area (Å²) in [6.45, 7) is 0.0351. The number of anilines is 1. The number of ether oxygens (including phenoxy) is 2. The molecule has 2 amide bonds. The van der Waals surface area contributed by atoms with Crippen LogP contribution in [-0.2, 0) is 35.3 Å². The first-order valence-corrected chi connectivity index (χ1v) is 15.6. The normalized spacial score (nSPS) is 19.6. The van der Waals surface area contributed by atoms with Crippen LogP contribution in [0.1, 0.15) is 56.9 Å². The van der Waals surface area contributed by atoms with Gasteiger partial charge in [-0.1, -0.05) is 62.1 Å². The van der Waals surface area contributed by atoms with E-state index < -0.39 is 30.2 Å². The molecule has 1 saturated carbocycles. The zero-order chi connectivity index (χ0) is 31.9. The quantitative estimate of drug-likeness (QED) is 0.169. The summed E-state index contributed by atoms with van der Waals surface area (Å²) in [5.74, 6) is -1.16. The zero-order valence-corrected chi connectivity index (χ0v) is 25.4. The predicted octanol–water partition coefficient (Wildman–Crippen LogP) is 3.27. The summed E-state index contributed by atoms with van der Waals surface area (Å²) in [5.41, 5.74) is 0.820. The largest absolute Gasteiger partial charge is 0.528 e. The average molecular weight is 626 g/mol. The van der Waals surface area contributed by atoms with E-state index in [0.717, 1.165) is 31.2 Å². The lowest BCUT2D eigenvalue weighted by atomic mass is 9.96. The Hall–Kier alpha value is -4.23. The van der Waals surface area contributed by atoms with Crippen LogP contribution in [0, 0.1) is 5.92 Å². The topological polar surface area (TPSA) is 168 Å². The van der Waals surface area contributed by atoms with Crippen molar-refractivity contribution in [2.45, 2.75) is 76.2 Å². The number of rotatable bonds is 15. The summed E-state index contributed by atoms with van der Waals surface area (Å²) in [5, 5.41) is 19.4. The third-order valence-electron chi connectivity index (χ3n) is 7.94. The Morgan fingerprint density at radius 3 is 2.44 bits per heavy atom. The second-order valence-corrected chi connectivity index (χ2v) is 11.5. The molecule has 1 aliphatic heterocycles. The fourth-order valence-electron chi connectivity index (χ4n) is 5.54. The van der Waals surface area contributed by atoms with Crippen molar-refractivity contribution in [2.24, 2.45) is 5.92 Å². The van der Waals surface area contributed by atoms with Crippen molar-refractivity contribution in [3.63, 3.8) is 0 Å². The second-order valence-electron chi connectivity index (χ2n) is 11.5. The smallest absolute Gasteiger partial charge is 0.480 e. The number of aromatic nitrogens is 1. The molecular weight excluding hydrogens is 582 g/mol. The minimum absolute atomic E-state index is 0.0584. The molecule has 0 spiro atoms. The van der Waals surface area contributed by atoms with Crippen LogP contribution in [0.15, 0.2) is 54.7 Å². The van der Waals surface area contributed by atoms with Gasteiger partial charge in [0.15, 0.2) is 0 Å². The van der Waals surface area contributed by atoms with Crippen molar-refractivity contribution in [3.8, 4) is 0 Å². The van der Waals surface area contributed by atoms with E-state index in [2.05, 4.69) is 20.9 Å². The van der Waals surface area contributed by atoms with E-state index in [9.17, 15) is 24.3 Å². The number of nitrogens with one attached hydrogen (secondary N) is 3. The molecule has 1 aliphatic carbocycles. The molecule has 244 valence electrons. The van der Waals surface area contributed by atoms with Gasteiger partial charge in [-0.3, -0.25) is 9.59 Å². The zero-order valence-electron chi connectivity index (χ0n) is 25.4. The number of aliphatic carboxylic acids is 1. The fourth-order valence-corrected chi connectivity index (χ4v) is 5.54. The Morgan fingerprint density at radius 2 is 1.73 bits per heavy atom. The molecule has 1 saturated heterocycles. The highest BCUT2D eigenvalue weighted by molar-refractivity contribution is 5.85. The molecule has 2 fully saturated rings. The van der Waals surface area contributed by atoms with Crippen molar-refractivity contribution in [2.75, 3.05) is 31.6 Å². The van der Waals surface area contributed by atoms with Gasteiger partial charge in [-0.05, 0) is 42.9 Å². The molecule has 4 N–H and O–H groups in total. The van der Waals surface area contributed by atoms with Crippen molar-refractivity contribution in [1.82, 2.24) is 20.7 Å². The summed E-state index contributed by atoms with van der Waals surface area (Å²) in [4.78, 5) is 59.0. The number of pyridine rings is 1. The Balaban J connectivity index is 1.23. The Kier molecular flexibility index (Phi) is 13.4. The first-order chi connectivity index (χ1) is 21.9. The predicted molar refractivity (Wildman–Crippen MR) is 164 cm³/mol. The standard InChI is InChI=1S/C32H43N5O8/c38-29(16-23-10-4-1-2-5-11-23)36-27(31(40)41)19-35-30(39)22-43-26-17-25(18-34-28-14-8-9-15-33-28)37(20-26)45-32(42)44-21-24-12-6-3-7-13-24/h3,6-9,12-15,23,25-27H,1-2,4-5,10-11,16-22H2,(H,33,34)(H,35,39)(H,36,38)(H,40,41). The molecule has 45 heavy (non-hydrogen) atoms. The highest BCUT2D eigenvalue weighted by Gasteiger charge is 2.36. The second kappa shape index (κ2) is 17.9. The molecule has 4 rings (SSSR count). The molecule has 2 heterocycles. The maximum Gasteiger partial charge on any atom is 0.528 e. The van der Waals surface area contributed by atoms with Gasteiger partial charge in [-0.25, -0.2) is 14.6 Å². The number of carbonyl (C=O) groups is 4. The fraction of sp³-hybridized carbons (Fsp3) is 0.531. The van der Waals surface area contributed by atoms with E-state index >= 15 is 0 Å². The van der Waals surface area contributed by atoms with Gasteiger partial charge in [-0.2, -0.15) is 0 Å². The van der Waals surface area contributed by atoms with Crippen LogP contribution in [0.4, 0.5) is 10.6 Å². The van der Waals surface area contributed by atoms with E-state index in [0.29, 0.717) is 18.8 Å². The molecule has 3 unspecified atom stereocenters. The van der Waals surface area contributed by atoms with Crippen molar-refractivity contribution < 1.29 is 38.6 Å². The van der Waals surface area contributed by atoms with Crippen molar-refractivity contribution in [3.05, 3.63) is 60.3 Å². The molecule has 13 heteroatoms. The Morgan fingerprint density at radius 1 is 0.978 bits per heavy atom. The van der Waals surface area contributed by atoms with Gasteiger partial charge in [-0.15, -0.1) is 5.06 Å². The minimum atomic E-state index is -1.24. The minimum Gasteiger partial charge on any atom is -0.480 e. The summed E-state index contributed by atoms with van der Waals surface area (Å²) >= 11 is 0. The number of hydrogen-bond acceptors (Lipinski definition) is 10. The van der Waals surface area contributed by atoms with E-state index in [-0.39, 0.29) is 50.6 Å². The first-order valence-electron chi connectivity index (χ1n) is 15.6. The molecule has 13 nitrogen and oxygen atoms in total. The van der Waals surface area contributed by atoms with Gasteiger partial charge in [0.05, 0.1) is 18.7 Å². The number of hydrogen-bond donors (Lipinski definition) is 4. The highest BCUT2D eigenvalue weighted by Crippen LogP contribution is 2.25. The van der Waals surface area contributed by atoms with Gasteiger partial charge in [0.2, 0.25) is 11.8 Å². The number of carboxylic acid groups (broad SMARTS) is 1. The van der Waals surface area contributed by atoms with Gasteiger partial charge in [0.1, 0.15) is 25.1 Å². The van der Waals surface area contributed by atoms with E-state index in [1.54, 1.807) is 12.3 Å². The van der Waals surface area contributed by atoms with Crippen LogP contribution in [0.25, 0.3) is 0 Å². The van der Waals surface area contributed by atoms with Crippen molar-refractivity contribution in [1.29, 1.82) is 0 Å². The lowest BCUT2D eigenvalue weighted by Crippen LogP contribution is -2.49. The third kappa shape index (κ3) is 12.0. The van der Waals surface area contributed by atoms with Crippen molar-refractivity contribution >= 4 is 29.8 Å². The summed E-state index contributed by atoms with van der Waals surface area (Å²) < 4.78 is 11.1. The molecule has 2 aromatic rings. The lowest BCUT2D eigenvalue weighted by Gasteiger charge is -2.22. The van der Waals surface area contributed by atoms with Gasteiger partial charge in [0.25, 0.3) is 0 Å². The van der Waals surface area contributed by atoms with Gasteiger partial charge < -0.3 is 35.4 Å². The number of carbonyl (C=O) groups excluding carboxylic acids is 3. The van der Waals surface area contributed by atoms with Crippen LogP contribution in [0.3, 0.4) is 0 Å². The Bertz CT molecular complexity index is 1230. The lowest BCUT2D eigenvalue weighted by molar-refractivity contribution is -0.144. The van der Waals surface area contributed by atoms with E-state index in [1.807, 2.05) is 42.5 Å².